The first kappa shape index (κ1) is 21.2. The Bertz CT molecular complexity index is 1280. The molecule has 0 radical (unpaired) electrons. The van der Waals surface area contributed by atoms with E-state index < -0.39 is 0 Å². The highest BCUT2D eigenvalue weighted by molar-refractivity contribution is 5.87. The zero-order valence-electron chi connectivity index (χ0n) is 19.6. The number of rotatable bonds is 5. The Morgan fingerprint density at radius 3 is 2.15 bits per heavy atom. The number of nitrogens with zero attached hydrogens (tertiary/aromatic N) is 2. The number of aromatic nitrogens is 1. The summed E-state index contributed by atoms with van der Waals surface area (Å²) in [4.78, 5) is 2.54. The van der Waals surface area contributed by atoms with Gasteiger partial charge in [-0.05, 0) is 54.0 Å². The molecule has 34 heavy (non-hydrogen) atoms. The maximum absolute atomic E-state index is 10.7. The first-order valence-electron chi connectivity index (χ1n) is 12.6. The minimum Gasteiger partial charge on any atom is -0.494 e. The standard InChI is InChI=1S/C31H32N2O/c34-31-29-14-6-3-11-25(29)22-33(31)26-16-19-32(20-17-26)18-8-7-15-30-27-12-4-1-9-23(27)21-24-10-2-5-13-28(24)30/h1-14,22,26,30,34H,15-21H2. The van der Waals surface area contributed by atoms with Gasteiger partial charge in [0.1, 0.15) is 0 Å². The smallest absolute Gasteiger partial charge is 0.199 e. The number of fused-ring (bicyclic) bond motifs is 3. The van der Waals surface area contributed by atoms with Gasteiger partial charge in [-0.3, -0.25) is 4.90 Å². The molecule has 0 spiro atoms. The number of hydrogen-bond donors (Lipinski definition) is 1. The van der Waals surface area contributed by atoms with Crippen molar-refractivity contribution in [2.75, 3.05) is 19.6 Å². The van der Waals surface area contributed by atoms with Crippen LogP contribution in [0.15, 0.2) is 91.1 Å². The summed E-state index contributed by atoms with van der Waals surface area (Å²) in [6.07, 6.45) is 11.1. The lowest BCUT2D eigenvalue weighted by molar-refractivity contribution is 0.196. The first-order chi connectivity index (χ1) is 16.8. The molecule has 0 saturated carbocycles. The van der Waals surface area contributed by atoms with E-state index in [0.717, 1.165) is 56.1 Å². The zero-order chi connectivity index (χ0) is 22.9. The van der Waals surface area contributed by atoms with E-state index >= 15 is 0 Å². The van der Waals surface area contributed by atoms with E-state index in [-0.39, 0.29) is 0 Å². The Labute approximate surface area is 202 Å². The molecule has 4 aromatic rings. The molecule has 2 aliphatic rings. The van der Waals surface area contributed by atoms with E-state index in [2.05, 4.69) is 82.4 Å². The SMILES string of the molecule is Oc1c2ccccc2cn1C1CCN(CC=CCC2c3ccccc3Cc3ccccc32)CC1. The third-order valence-electron chi connectivity index (χ3n) is 7.82. The van der Waals surface area contributed by atoms with E-state index in [0.29, 0.717) is 17.8 Å². The molecule has 3 heteroatoms. The summed E-state index contributed by atoms with van der Waals surface area (Å²) in [6.45, 7) is 3.14. The molecule has 2 heterocycles. The van der Waals surface area contributed by atoms with Crippen LogP contribution in [-0.4, -0.2) is 34.2 Å². The average molecular weight is 449 g/mol. The zero-order valence-corrected chi connectivity index (χ0v) is 19.6. The van der Waals surface area contributed by atoms with Crippen molar-refractivity contribution >= 4 is 10.8 Å². The molecule has 3 aromatic carbocycles. The van der Waals surface area contributed by atoms with E-state index in [1.807, 2.05) is 18.2 Å². The third kappa shape index (κ3) is 3.95. The summed E-state index contributed by atoms with van der Waals surface area (Å²) in [5.41, 5.74) is 5.93. The number of benzene rings is 3. The van der Waals surface area contributed by atoms with Crippen LogP contribution in [0.1, 0.15) is 53.5 Å². The Morgan fingerprint density at radius 2 is 1.44 bits per heavy atom. The number of likely N-dealkylation sites (tertiary alicyclic amines) is 1. The van der Waals surface area contributed by atoms with Gasteiger partial charge in [-0.25, -0.2) is 0 Å². The lowest BCUT2D eigenvalue weighted by atomic mass is 9.76. The molecule has 1 aliphatic carbocycles. The molecule has 1 N–H and O–H groups in total. The van der Waals surface area contributed by atoms with E-state index in [9.17, 15) is 5.11 Å². The Kier molecular flexibility index (Phi) is 5.72. The van der Waals surface area contributed by atoms with Crippen LogP contribution in [0.25, 0.3) is 10.8 Å². The number of allylic oxidation sites excluding steroid dienone is 1. The van der Waals surface area contributed by atoms with Crippen LogP contribution in [-0.2, 0) is 6.42 Å². The van der Waals surface area contributed by atoms with Gasteiger partial charge in [0, 0.05) is 48.6 Å². The van der Waals surface area contributed by atoms with Crippen molar-refractivity contribution in [3.8, 4) is 5.88 Å². The quantitative estimate of drug-likeness (QED) is 0.346. The molecule has 172 valence electrons. The van der Waals surface area contributed by atoms with Gasteiger partial charge in [0.2, 0.25) is 0 Å². The van der Waals surface area contributed by atoms with Gasteiger partial charge in [0.25, 0.3) is 0 Å². The fraction of sp³-hybridized carbons (Fsp3) is 0.290. The molecular formula is C31H32N2O. The van der Waals surface area contributed by atoms with Crippen LogP contribution in [0.5, 0.6) is 5.88 Å². The predicted molar refractivity (Wildman–Crippen MR) is 140 cm³/mol. The van der Waals surface area contributed by atoms with Crippen LogP contribution < -0.4 is 0 Å². The second-order valence-corrected chi connectivity index (χ2v) is 9.81. The molecule has 3 nitrogen and oxygen atoms in total. The van der Waals surface area contributed by atoms with Crippen molar-refractivity contribution in [3.63, 3.8) is 0 Å². The normalized spacial score (nSPS) is 17.3. The molecular weight excluding hydrogens is 416 g/mol. The van der Waals surface area contributed by atoms with E-state index in [4.69, 9.17) is 0 Å². The number of aromatic hydroxyl groups is 1. The molecule has 0 unspecified atom stereocenters. The first-order valence-corrected chi connectivity index (χ1v) is 12.6. The fourth-order valence-corrected chi connectivity index (χ4v) is 5.97. The fourth-order valence-electron chi connectivity index (χ4n) is 5.97. The summed E-state index contributed by atoms with van der Waals surface area (Å²) in [6, 6.07) is 26.4. The van der Waals surface area contributed by atoms with Crippen LogP contribution in [0.3, 0.4) is 0 Å². The maximum Gasteiger partial charge on any atom is 0.199 e. The lowest BCUT2D eigenvalue weighted by Crippen LogP contribution is -2.34. The Morgan fingerprint density at radius 1 is 0.794 bits per heavy atom. The van der Waals surface area contributed by atoms with Crippen molar-refractivity contribution in [1.82, 2.24) is 9.47 Å². The molecule has 0 atom stereocenters. The summed E-state index contributed by atoms with van der Waals surface area (Å²) >= 11 is 0. The van der Waals surface area contributed by atoms with Crippen molar-refractivity contribution in [2.24, 2.45) is 0 Å². The monoisotopic (exact) mass is 448 g/mol. The topological polar surface area (TPSA) is 28.4 Å². The minimum absolute atomic E-state index is 0.378. The van der Waals surface area contributed by atoms with Crippen molar-refractivity contribution in [3.05, 3.63) is 113 Å². The Balaban J connectivity index is 1.08. The summed E-state index contributed by atoms with van der Waals surface area (Å²) in [5, 5.41) is 12.8. The molecule has 1 saturated heterocycles. The second kappa shape index (κ2) is 9.15. The van der Waals surface area contributed by atoms with E-state index in [1.165, 1.54) is 22.3 Å². The lowest BCUT2D eigenvalue weighted by Gasteiger charge is -2.32. The summed E-state index contributed by atoms with van der Waals surface area (Å²) in [5.74, 6) is 0.871. The maximum atomic E-state index is 10.7. The van der Waals surface area contributed by atoms with Crippen LogP contribution in [0.4, 0.5) is 0 Å². The summed E-state index contributed by atoms with van der Waals surface area (Å²) < 4.78 is 2.09. The van der Waals surface area contributed by atoms with Crippen LogP contribution >= 0.6 is 0 Å². The molecule has 0 bridgehead atoms. The highest BCUT2D eigenvalue weighted by Crippen LogP contribution is 2.39. The van der Waals surface area contributed by atoms with Crippen molar-refractivity contribution in [1.29, 1.82) is 0 Å². The second-order valence-electron chi connectivity index (χ2n) is 9.81. The largest absolute Gasteiger partial charge is 0.494 e. The van der Waals surface area contributed by atoms with E-state index in [1.54, 1.807) is 0 Å². The number of hydrogen-bond acceptors (Lipinski definition) is 2. The van der Waals surface area contributed by atoms with Gasteiger partial charge < -0.3 is 9.67 Å². The molecule has 1 fully saturated rings. The van der Waals surface area contributed by atoms with Gasteiger partial charge in [-0.15, -0.1) is 0 Å². The molecule has 0 amide bonds. The summed E-state index contributed by atoms with van der Waals surface area (Å²) in [7, 11) is 0. The van der Waals surface area contributed by atoms with Gasteiger partial charge in [-0.2, -0.15) is 0 Å². The highest BCUT2D eigenvalue weighted by Gasteiger charge is 2.24. The van der Waals surface area contributed by atoms with Crippen LogP contribution in [0.2, 0.25) is 0 Å². The van der Waals surface area contributed by atoms with Gasteiger partial charge >= 0.3 is 0 Å². The average Bonchev–Trinajstić information content (AvgIpc) is 3.23. The molecule has 1 aromatic heterocycles. The van der Waals surface area contributed by atoms with Crippen molar-refractivity contribution in [2.45, 2.75) is 37.6 Å². The Hall–Kier alpha value is -3.30. The van der Waals surface area contributed by atoms with Gasteiger partial charge in [-0.1, -0.05) is 78.9 Å². The van der Waals surface area contributed by atoms with Crippen molar-refractivity contribution < 1.29 is 5.11 Å². The highest BCUT2D eigenvalue weighted by atomic mass is 16.3. The van der Waals surface area contributed by atoms with Crippen LogP contribution in [0, 0.1) is 0 Å². The third-order valence-corrected chi connectivity index (χ3v) is 7.82. The predicted octanol–water partition coefficient (Wildman–Crippen LogP) is 6.67. The molecule has 6 rings (SSSR count). The molecule has 1 aliphatic heterocycles. The van der Waals surface area contributed by atoms with Gasteiger partial charge in [0.15, 0.2) is 5.88 Å². The number of piperidine rings is 1. The van der Waals surface area contributed by atoms with Gasteiger partial charge in [0.05, 0.1) is 0 Å². The minimum atomic E-state index is 0.378.